The molecule has 20 heavy (non-hydrogen) atoms. The summed E-state index contributed by atoms with van der Waals surface area (Å²) in [6.07, 6.45) is 1.75. The number of rotatable bonds is 8. The smallest absolute Gasteiger partial charge is 0.160 e. The van der Waals surface area contributed by atoms with Crippen LogP contribution in [0.2, 0.25) is 0 Å². The van der Waals surface area contributed by atoms with Crippen LogP contribution in [0.4, 0.5) is 0 Å². The van der Waals surface area contributed by atoms with Crippen LogP contribution in [0.15, 0.2) is 6.20 Å². The molecule has 0 fully saturated rings. The number of hydrogen-bond acceptors (Lipinski definition) is 5. The highest BCUT2D eigenvalue weighted by molar-refractivity contribution is 5.25. The van der Waals surface area contributed by atoms with E-state index in [4.69, 9.17) is 9.47 Å². The van der Waals surface area contributed by atoms with E-state index < -0.39 is 0 Å². The summed E-state index contributed by atoms with van der Waals surface area (Å²) in [5, 5.41) is 3.37. The van der Waals surface area contributed by atoms with Gasteiger partial charge in [0.1, 0.15) is 11.9 Å². The van der Waals surface area contributed by atoms with Gasteiger partial charge in [-0.25, -0.2) is 9.97 Å². The van der Waals surface area contributed by atoms with Gasteiger partial charge in [-0.2, -0.15) is 0 Å². The number of methoxy groups -OCH3 is 1. The molecule has 0 saturated heterocycles. The predicted octanol–water partition coefficient (Wildman–Crippen LogP) is 2.51. The van der Waals surface area contributed by atoms with Gasteiger partial charge >= 0.3 is 0 Å². The molecular formula is C15H27N3O2. The lowest BCUT2D eigenvalue weighted by Gasteiger charge is -2.18. The molecule has 1 N–H and O–H groups in total. The van der Waals surface area contributed by atoms with Gasteiger partial charge in [-0.15, -0.1) is 0 Å². The summed E-state index contributed by atoms with van der Waals surface area (Å²) >= 11 is 0. The van der Waals surface area contributed by atoms with E-state index in [1.54, 1.807) is 13.3 Å². The molecule has 0 bridgehead atoms. The van der Waals surface area contributed by atoms with Gasteiger partial charge in [0.15, 0.2) is 5.75 Å². The van der Waals surface area contributed by atoms with Gasteiger partial charge in [-0.05, 0) is 6.92 Å². The average Bonchev–Trinajstić information content (AvgIpc) is 2.37. The third kappa shape index (κ3) is 5.43. The molecule has 0 amide bonds. The Hall–Kier alpha value is -1.20. The van der Waals surface area contributed by atoms with E-state index in [0.717, 1.165) is 17.3 Å². The molecule has 0 aliphatic rings. The minimum absolute atomic E-state index is 0.0219. The van der Waals surface area contributed by atoms with E-state index in [9.17, 15) is 0 Å². The minimum atomic E-state index is -0.0219. The molecule has 0 radical (unpaired) electrons. The summed E-state index contributed by atoms with van der Waals surface area (Å²) in [6, 6.07) is 0.400. The maximum absolute atomic E-state index is 5.86. The van der Waals surface area contributed by atoms with Crippen molar-refractivity contribution < 1.29 is 9.47 Å². The Morgan fingerprint density at radius 3 is 2.45 bits per heavy atom. The van der Waals surface area contributed by atoms with Crippen molar-refractivity contribution in [3.8, 4) is 5.75 Å². The van der Waals surface area contributed by atoms with Crippen LogP contribution in [0.3, 0.4) is 0 Å². The zero-order valence-electron chi connectivity index (χ0n) is 13.4. The third-order valence-corrected chi connectivity index (χ3v) is 2.77. The van der Waals surface area contributed by atoms with Gasteiger partial charge in [0.05, 0.1) is 18.5 Å². The average molecular weight is 281 g/mol. The van der Waals surface area contributed by atoms with Crippen LogP contribution in [0, 0.1) is 0 Å². The van der Waals surface area contributed by atoms with Crippen molar-refractivity contribution in [1.82, 2.24) is 15.3 Å². The summed E-state index contributed by atoms with van der Waals surface area (Å²) in [6.45, 7) is 11.6. The van der Waals surface area contributed by atoms with E-state index in [1.165, 1.54) is 0 Å². The second kappa shape index (κ2) is 8.17. The predicted molar refractivity (Wildman–Crippen MR) is 80.1 cm³/mol. The zero-order valence-corrected chi connectivity index (χ0v) is 13.4. The quantitative estimate of drug-likeness (QED) is 0.793. The van der Waals surface area contributed by atoms with Crippen molar-refractivity contribution >= 4 is 0 Å². The van der Waals surface area contributed by atoms with Crippen molar-refractivity contribution in [2.45, 2.75) is 59.2 Å². The second-order valence-corrected chi connectivity index (χ2v) is 5.61. The molecule has 0 aromatic carbocycles. The molecule has 1 atom stereocenters. The summed E-state index contributed by atoms with van der Waals surface area (Å²) in [5.41, 5.74) is 0.903. The molecule has 5 nitrogen and oxygen atoms in total. The fourth-order valence-electron chi connectivity index (χ4n) is 1.71. The third-order valence-electron chi connectivity index (χ3n) is 2.77. The van der Waals surface area contributed by atoms with Gasteiger partial charge in [-0.1, -0.05) is 27.7 Å². The zero-order chi connectivity index (χ0) is 15.1. The SMILES string of the molecule is COCC(C)Oc1cnc(C(C)C)nc1CNC(C)C. The van der Waals surface area contributed by atoms with Crippen LogP contribution in [0.25, 0.3) is 0 Å². The lowest BCUT2D eigenvalue weighted by molar-refractivity contribution is 0.0906. The Morgan fingerprint density at radius 2 is 1.90 bits per heavy atom. The Bertz CT molecular complexity index is 408. The highest BCUT2D eigenvalue weighted by Gasteiger charge is 2.13. The first kappa shape index (κ1) is 16.9. The van der Waals surface area contributed by atoms with E-state index in [1.807, 2.05) is 6.92 Å². The number of nitrogens with zero attached hydrogens (tertiary/aromatic N) is 2. The highest BCUT2D eigenvalue weighted by Crippen LogP contribution is 2.20. The largest absolute Gasteiger partial charge is 0.485 e. The molecule has 1 unspecified atom stereocenters. The van der Waals surface area contributed by atoms with E-state index in [2.05, 4.69) is 43.0 Å². The molecule has 1 aromatic heterocycles. The Balaban J connectivity index is 2.89. The number of nitrogens with one attached hydrogen (secondary N) is 1. The monoisotopic (exact) mass is 281 g/mol. The van der Waals surface area contributed by atoms with Crippen molar-refractivity contribution in [1.29, 1.82) is 0 Å². The summed E-state index contributed by atoms with van der Waals surface area (Å²) in [4.78, 5) is 8.99. The summed E-state index contributed by atoms with van der Waals surface area (Å²) in [5.74, 6) is 1.88. The highest BCUT2D eigenvalue weighted by atomic mass is 16.5. The van der Waals surface area contributed by atoms with Crippen LogP contribution in [0.5, 0.6) is 5.75 Å². The van der Waals surface area contributed by atoms with E-state index in [0.29, 0.717) is 25.1 Å². The lowest BCUT2D eigenvalue weighted by Crippen LogP contribution is -2.25. The van der Waals surface area contributed by atoms with Gasteiger partial charge in [0.25, 0.3) is 0 Å². The second-order valence-electron chi connectivity index (χ2n) is 5.61. The molecular weight excluding hydrogens is 254 g/mol. The Morgan fingerprint density at radius 1 is 1.20 bits per heavy atom. The first-order chi connectivity index (χ1) is 9.43. The lowest BCUT2D eigenvalue weighted by atomic mass is 10.2. The summed E-state index contributed by atoms with van der Waals surface area (Å²) < 4.78 is 11.0. The number of aromatic nitrogens is 2. The van der Waals surface area contributed by atoms with Gasteiger partial charge in [-0.3, -0.25) is 0 Å². The molecule has 0 spiro atoms. The van der Waals surface area contributed by atoms with Gasteiger partial charge < -0.3 is 14.8 Å². The molecule has 0 aliphatic carbocycles. The van der Waals surface area contributed by atoms with Crippen LogP contribution in [-0.2, 0) is 11.3 Å². The molecule has 1 rings (SSSR count). The first-order valence-corrected chi connectivity index (χ1v) is 7.18. The van der Waals surface area contributed by atoms with Crippen molar-refractivity contribution in [2.24, 2.45) is 0 Å². The maximum atomic E-state index is 5.86. The van der Waals surface area contributed by atoms with Crippen molar-refractivity contribution in [2.75, 3.05) is 13.7 Å². The van der Waals surface area contributed by atoms with Gasteiger partial charge in [0, 0.05) is 25.6 Å². The van der Waals surface area contributed by atoms with Crippen LogP contribution in [-0.4, -0.2) is 35.8 Å². The number of hydrogen-bond donors (Lipinski definition) is 1. The fourth-order valence-corrected chi connectivity index (χ4v) is 1.71. The Kier molecular flexibility index (Phi) is 6.88. The van der Waals surface area contributed by atoms with Crippen molar-refractivity contribution in [3.05, 3.63) is 17.7 Å². The van der Waals surface area contributed by atoms with E-state index >= 15 is 0 Å². The first-order valence-electron chi connectivity index (χ1n) is 7.18. The fraction of sp³-hybridized carbons (Fsp3) is 0.733. The number of ether oxygens (including phenoxy) is 2. The normalized spacial score (nSPS) is 13.0. The molecule has 1 heterocycles. The molecule has 5 heteroatoms. The topological polar surface area (TPSA) is 56.3 Å². The van der Waals surface area contributed by atoms with Crippen LogP contribution in [0.1, 0.15) is 52.1 Å². The van der Waals surface area contributed by atoms with Crippen LogP contribution < -0.4 is 10.1 Å². The standard InChI is InChI=1S/C15H27N3O2/c1-10(2)15-17-8-14(20-12(5)9-19-6)13(18-15)7-16-11(3)4/h8,10-12,16H,7,9H2,1-6H3. The maximum Gasteiger partial charge on any atom is 0.160 e. The van der Waals surface area contributed by atoms with Crippen LogP contribution >= 0.6 is 0 Å². The van der Waals surface area contributed by atoms with Crippen molar-refractivity contribution in [3.63, 3.8) is 0 Å². The Labute approximate surface area is 122 Å². The summed E-state index contributed by atoms with van der Waals surface area (Å²) in [7, 11) is 1.67. The molecule has 1 aromatic rings. The molecule has 0 saturated carbocycles. The minimum Gasteiger partial charge on any atom is -0.485 e. The van der Waals surface area contributed by atoms with E-state index in [-0.39, 0.29) is 6.10 Å². The molecule has 114 valence electrons. The van der Waals surface area contributed by atoms with Gasteiger partial charge in [0.2, 0.25) is 0 Å². The molecule has 0 aliphatic heterocycles.